The lowest BCUT2D eigenvalue weighted by atomic mass is 9.69. The summed E-state index contributed by atoms with van der Waals surface area (Å²) in [4.78, 5) is 47.2. The normalized spacial score (nSPS) is 22.6. The number of aryl methyl sites for hydroxylation is 1. The summed E-state index contributed by atoms with van der Waals surface area (Å²) in [7, 11) is 1.64. The maximum Gasteiger partial charge on any atom is 0.255 e. The number of nitrogens with one attached hydrogen (secondary N) is 1. The number of nitrogens with zero attached hydrogens (tertiary/aromatic N) is 4. The molecule has 1 aliphatic carbocycles. The summed E-state index contributed by atoms with van der Waals surface area (Å²) in [5.41, 5.74) is 8.91. The average molecular weight is 798 g/mol. The fourth-order valence-corrected chi connectivity index (χ4v) is 10.3. The molecular weight excluding hydrogens is 743 g/mol. The van der Waals surface area contributed by atoms with Gasteiger partial charge in [0.15, 0.2) is 0 Å². The average Bonchev–Trinajstić information content (AvgIpc) is 3.60. The number of phenolic OH excluding ortho intramolecular Hbond substituents is 1. The van der Waals surface area contributed by atoms with Gasteiger partial charge in [-0.05, 0) is 103 Å². The molecule has 308 valence electrons. The first-order valence-electron chi connectivity index (χ1n) is 21.5. The summed E-state index contributed by atoms with van der Waals surface area (Å²) in [6.07, 6.45) is 4.90. The van der Waals surface area contributed by atoms with E-state index >= 15 is 0 Å². The van der Waals surface area contributed by atoms with E-state index in [9.17, 15) is 19.5 Å². The van der Waals surface area contributed by atoms with E-state index in [4.69, 9.17) is 9.47 Å². The molecule has 2 N–H and O–H groups in total. The zero-order chi connectivity index (χ0) is 40.5. The molecule has 9 rings (SSSR count). The second kappa shape index (κ2) is 17.1. The van der Waals surface area contributed by atoms with Crippen LogP contribution in [-0.4, -0.2) is 105 Å². The van der Waals surface area contributed by atoms with Crippen molar-refractivity contribution < 1.29 is 29.0 Å². The van der Waals surface area contributed by atoms with E-state index in [1.54, 1.807) is 12.0 Å². The molecule has 11 heteroatoms. The van der Waals surface area contributed by atoms with Crippen LogP contribution in [0, 0.1) is 5.92 Å². The van der Waals surface area contributed by atoms with Crippen LogP contribution >= 0.6 is 0 Å². The fourth-order valence-electron chi connectivity index (χ4n) is 10.3. The summed E-state index contributed by atoms with van der Waals surface area (Å²) in [6, 6.07) is 29.3. The van der Waals surface area contributed by atoms with Crippen molar-refractivity contribution in [2.45, 2.75) is 62.9 Å². The molecule has 0 spiro atoms. The number of piperidine rings is 2. The molecule has 4 aliphatic heterocycles. The van der Waals surface area contributed by atoms with Gasteiger partial charge < -0.3 is 29.3 Å². The van der Waals surface area contributed by atoms with Crippen LogP contribution in [0.4, 0.5) is 11.4 Å². The molecule has 1 unspecified atom stereocenters. The van der Waals surface area contributed by atoms with Gasteiger partial charge in [-0.2, -0.15) is 0 Å². The number of rotatable bonds is 11. The Morgan fingerprint density at radius 1 is 0.763 bits per heavy atom. The number of hydrogen-bond acceptors (Lipinski definition) is 9. The molecule has 0 radical (unpaired) electrons. The highest BCUT2D eigenvalue weighted by Crippen LogP contribution is 2.47. The summed E-state index contributed by atoms with van der Waals surface area (Å²) in [6.45, 7) is 7.85. The quantitative estimate of drug-likeness (QED) is 0.138. The molecule has 3 fully saturated rings. The predicted molar refractivity (Wildman–Crippen MR) is 227 cm³/mol. The van der Waals surface area contributed by atoms with Crippen LogP contribution in [0.1, 0.15) is 82.1 Å². The summed E-state index contributed by atoms with van der Waals surface area (Å²) >= 11 is 0. The monoisotopic (exact) mass is 797 g/mol. The van der Waals surface area contributed by atoms with Gasteiger partial charge in [0.2, 0.25) is 11.8 Å². The third-order valence-electron chi connectivity index (χ3n) is 13.5. The van der Waals surface area contributed by atoms with Crippen LogP contribution in [0.25, 0.3) is 0 Å². The molecule has 3 atom stereocenters. The third-order valence-corrected chi connectivity index (χ3v) is 13.5. The maximum atomic E-state index is 13.6. The molecule has 4 aromatic rings. The number of carbonyl (C=O) groups excluding carboxylic acids is 3. The van der Waals surface area contributed by atoms with Crippen molar-refractivity contribution in [3.05, 3.63) is 118 Å². The minimum atomic E-state index is -0.672. The smallest absolute Gasteiger partial charge is 0.255 e. The van der Waals surface area contributed by atoms with Crippen molar-refractivity contribution in [1.82, 2.24) is 15.1 Å². The SMILES string of the molecule is COCCOc1c(N2CCN(CC3CCN(c4ccc([C@@H]5c6ccc(O)cc6CC[C@@H]5c5ccccc5)cc4)CC3)CC2)ccc2c1CN(C1CCC(=O)NC1=O)C2=O. The molecule has 4 aromatic carbocycles. The Morgan fingerprint density at radius 3 is 2.29 bits per heavy atom. The molecule has 3 saturated heterocycles. The molecule has 4 heterocycles. The van der Waals surface area contributed by atoms with E-state index in [0.29, 0.717) is 48.5 Å². The van der Waals surface area contributed by atoms with E-state index in [2.05, 4.69) is 80.7 Å². The number of carbonyl (C=O) groups is 3. The summed E-state index contributed by atoms with van der Waals surface area (Å²) in [5.74, 6) is 1.42. The first kappa shape index (κ1) is 39.1. The Balaban J connectivity index is 0.811. The Hall–Kier alpha value is -5.39. The lowest BCUT2D eigenvalue weighted by Crippen LogP contribution is -2.52. The van der Waals surface area contributed by atoms with Crippen molar-refractivity contribution >= 4 is 29.1 Å². The van der Waals surface area contributed by atoms with Crippen LogP contribution in [0.15, 0.2) is 84.9 Å². The van der Waals surface area contributed by atoms with Crippen molar-refractivity contribution in [3.63, 3.8) is 0 Å². The topological polar surface area (TPSA) is 115 Å². The van der Waals surface area contributed by atoms with Gasteiger partial charge in [-0.15, -0.1) is 0 Å². The zero-order valence-electron chi connectivity index (χ0n) is 34.0. The van der Waals surface area contributed by atoms with Crippen LogP contribution in [0.2, 0.25) is 0 Å². The zero-order valence-corrected chi connectivity index (χ0v) is 34.0. The molecule has 3 amide bonds. The molecule has 59 heavy (non-hydrogen) atoms. The first-order chi connectivity index (χ1) is 28.8. The van der Waals surface area contributed by atoms with E-state index in [1.165, 1.54) is 27.9 Å². The Bertz CT molecular complexity index is 2160. The highest BCUT2D eigenvalue weighted by atomic mass is 16.5. The lowest BCUT2D eigenvalue weighted by Gasteiger charge is -2.40. The molecule has 0 aromatic heterocycles. The van der Waals surface area contributed by atoms with Crippen LogP contribution in [0.3, 0.4) is 0 Å². The number of fused-ring (bicyclic) bond motifs is 2. The standard InChI is InChI=1S/C48H55N5O6/c1-58-27-28-59-46-41-31-53(43-17-18-44(55)49-47(43)56)48(57)40(41)15-16-42(46)52-25-23-50(24-26-52)30-32-19-21-51(22-20-32)36-10-7-34(8-11-36)45-38(33-5-3-2-4-6-33)13-9-35-29-37(54)12-14-39(35)45/h2-8,10-12,14-16,29,32,38,43,45,54H,9,13,17-28,30-31H2,1H3,(H,49,55,56)/t38-,43?,45+/m1/s1. The largest absolute Gasteiger partial charge is 0.508 e. The van der Waals surface area contributed by atoms with Crippen molar-refractivity contribution in [3.8, 4) is 11.5 Å². The summed E-state index contributed by atoms with van der Waals surface area (Å²) in [5, 5.41) is 12.6. The fraction of sp³-hybridized carbons (Fsp3) is 0.438. The second-order valence-corrected chi connectivity index (χ2v) is 16.9. The van der Waals surface area contributed by atoms with E-state index in [1.807, 2.05) is 24.3 Å². The van der Waals surface area contributed by atoms with Crippen LogP contribution in [0.5, 0.6) is 11.5 Å². The predicted octanol–water partition coefficient (Wildman–Crippen LogP) is 6.08. The minimum absolute atomic E-state index is 0.198. The number of phenols is 1. The Labute approximate surface area is 346 Å². The van der Waals surface area contributed by atoms with Crippen LogP contribution in [-0.2, 0) is 27.3 Å². The number of ether oxygens (including phenoxy) is 2. The number of imide groups is 1. The van der Waals surface area contributed by atoms with Crippen molar-refractivity contribution in [1.29, 1.82) is 0 Å². The maximum absolute atomic E-state index is 13.6. The van der Waals surface area contributed by atoms with Crippen molar-refractivity contribution in [2.75, 3.05) is 75.9 Å². The third kappa shape index (κ3) is 8.02. The van der Waals surface area contributed by atoms with E-state index in [0.717, 1.165) is 82.7 Å². The van der Waals surface area contributed by atoms with Gasteiger partial charge in [-0.1, -0.05) is 48.5 Å². The van der Waals surface area contributed by atoms with Crippen molar-refractivity contribution in [2.24, 2.45) is 5.92 Å². The highest BCUT2D eigenvalue weighted by Gasteiger charge is 2.41. The minimum Gasteiger partial charge on any atom is -0.508 e. The van der Waals surface area contributed by atoms with Crippen LogP contribution < -0.4 is 19.9 Å². The van der Waals surface area contributed by atoms with E-state index < -0.39 is 11.9 Å². The number of anilines is 2. The Morgan fingerprint density at radius 2 is 1.54 bits per heavy atom. The number of aromatic hydroxyl groups is 1. The summed E-state index contributed by atoms with van der Waals surface area (Å²) < 4.78 is 11.6. The molecule has 0 bridgehead atoms. The number of amides is 3. The van der Waals surface area contributed by atoms with Gasteiger partial charge in [-0.25, -0.2) is 0 Å². The van der Waals surface area contributed by atoms with Gasteiger partial charge >= 0.3 is 0 Å². The van der Waals surface area contributed by atoms with Gasteiger partial charge in [0, 0.05) is 82.1 Å². The highest BCUT2D eigenvalue weighted by molar-refractivity contribution is 6.06. The molecule has 5 aliphatic rings. The molecular formula is C48H55N5O6. The Kier molecular flexibility index (Phi) is 11.3. The molecule has 0 saturated carbocycles. The van der Waals surface area contributed by atoms with E-state index in [-0.39, 0.29) is 30.7 Å². The number of hydrogen-bond donors (Lipinski definition) is 2. The lowest BCUT2D eigenvalue weighted by molar-refractivity contribution is -0.136. The number of benzene rings is 4. The molecule has 11 nitrogen and oxygen atoms in total. The second-order valence-electron chi connectivity index (χ2n) is 16.9. The van der Waals surface area contributed by atoms with Gasteiger partial charge in [-0.3, -0.25) is 24.6 Å². The van der Waals surface area contributed by atoms with Gasteiger partial charge in [0.1, 0.15) is 24.1 Å². The first-order valence-corrected chi connectivity index (χ1v) is 21.5. The van der Waals surface area contributed by atoms with Gasteiger partial charge in [0.05, 0.1) is 18.8 Å². The number of methoxy groups -OCH3 is 1. The number of piperazine rings is 1. The van der Waals surface area contributed by atoms with Gasteiger partial charge in [0.25, 0.3) is 5.91 Å².